The average molecular weight is 322 g/mol. The van der Waals surface area contributed by atoms with Crippen LogP contribution in [0.2, 0.25) is 0 Å². The number of nitrogens with zero attached hydrogens (tertiary/aromatic N) is 2. The lowest BCUT2D eigenvalue weighted by atomic mass is 9.78. The van der Waals surface area contributed by atoms with Gasteiger partial charge in [-0.15, -0.1) is 0 Å². The Balaban J connectivity index is 1.49. The zero-order valence-corrected chi connectivity index (χ0v) is 15.2. The number of hydrogen-bond donors (Lipinski definition) is 0. The van der Waals surface area contributed by atoms with E-state index in [1.54, 1.807) is 0 Å². The van der Waals surface area contributed by atoms with Crippen molar-refractivity contribution < 1.29 is 0 Å². The highest BCUT2D eigenvalue weighted by Gasteiger charge is 2.20. The smallest absolute Gasteiger partial charge is 0.0929 e. The van der Waals surface area contributed by atoms with E-state index in [0.29, 0.717) is 0 Å². The molecule has 0 amide bonds. The summed E-state index contributed by atoms with van der Waals surface area (Å²) in [6.45, 7) is 4.42. The maximum absolute atomic E-state index is 4.46. The number of hydrogen-bond acceptors (Lipinski definition) is 2. The van der Waals surface area contributed by atoms with Gasteiger partial charge in [-0.1, -0.05) is 75.3 Å². The minimum Gasteiger partial charge on any atom is -0.155 e. The van der Waals surface area contributed by atoms with Crippen LogP contribution in [0.4, 0.5) is 0 Å². The summed E-state index contributed by atoms with van der Waals surface area (Å²) in [5.41, 5.74) is 4.53. The topological polar surface area (TPSA) is 25.8 Å². The van der Waals surface area contributed by atoms with Gasteiger partial charge in [-0.3, -0.25) is 0 Å². The van der Waals surface area contributed by atoms with Crippen LogP contribution in [0.15, 0.2) is 36.4 Å². The van der Waals surface area contributed by atoms with Gasteiger partial charge < -0.3 is 0 Å². The van der Waals surface area contributed by atoms with E-state index in [-0.39, 0.29) is 0 Å². The second-order valence-corrected chi connectivity index (χ2v) is 7.49. The molecule has 0 N–H and O–H groups in total. The van der Waals surface area contributed by atoms with Gasteiger partial charge in [0, 0.05) is 5.56 Å². The van der Waals surface area contributed by atoms with Crippen molar-refractivity contribution >= 4 is 0 Å². The molecule has 1 aromatic heterocycles. The van der Waals surface area contributed by atoms with Crippen LogP contribution in [0.25, 0.3) is 11.3 Å². The van der Waals surface area contributed by atoms with Crippen LogP contribution < -0.4 is 0 Å². The number of aromatic nitrogens is 2. The lowest BCUT2D eigenvalue weighted by molar-refractivity contribution is 0.252. The van der Waals surface area contributed by atoms with E-state index in [9.17, 15) is 0 Å². The highest BCUT2D eigenvalue weighted by Crippen LogP contribution is 2.33. The maximum atomic E-state index is 4.46. The Morgan fingerprint density at radius 3 is 2.08 bits per heavy atom. The molecule has 1 aromatic carbocycles. The van der Waals surface area contributed by atoms with Gasteiger partial charge in [0.05, 0.1) is 11.4 Å². The summed E-state index contributed by atoms with van der Waals surface area (Å²) in [5.74, 6) is 1.90. The van der Waals surface area contributed by atoms with Crippen molar-refractivity contribution in [2.75, 3.05) is 0 Å². The standard InChI is InChI=1S/C22H30N2/c1-3-4-18-7-9-19(10-8-18)11-14-21-15-16-22(24-23-21)20-12-5-17(2)6-13-20/h5-6,12-13,15-16,18-19H,3-4,7-11,14H2,1-2H3. The Bertz CT molecular complexity index is 607. The molecule has 1 aliphatic rings. The third-order valence-electron chi connectivity index (χ3n) is 5.54. The second kappa shape index (κ2) is 8.41. The first kappa shape index (κ1) is 17.1. The van der Waals surface area contributed by atoms with Gasteiger partial charge in [0.25, 0.3) is 0 Å². The van der Waals surface area contributed by atoms with E-state index < -0.39 is 0 Å². The first-order chi connectivity index (χ1) is 11.7. The molecule has 0 bridgehead atoms. The Labute approximate surface area is 146 Å². The van der Waals surface area contributed by atoms with E-state index in [4.69, 9.17) is 0 Å². The van der Waals surface area contributed by atoms with Gasteiger partial charge in [-0.2, -0.15) is 10.2 Å². The highest BCUT2D eigenvalue weighted by molar-refractivity contribution is 5.58. The van der Waals surface area contributed by atoms with Gasteiger partial charge in [-0.25, -0.2) is 0 Å². The third kappa shape index (κ3) is 4.66. The normalized spacial score (nSPS) is 20.9. The van der Waals surface area contributed by atoms with E-state index in [1.165, 1.54) is 50.5 Å². The van der Waals surface area contributed by atoms with E-state index in [2.05, 4.69) is 60.4 Å². The molecule has 0 radical (unpaired) electrons. The SMILES string of the molecule is CCCC1CCC(CCc2ccc(-c3ccc(C)cc3)nn2)CC1. The molecule has 0 aliphatic heterocycles. The highest BCUT2D eigenvalue weighted by atomic mass is 15.1. The predicted octanol–water partition coefficient (Wildman–Crippen LogP) is 5.99. The molecule has 1 fully saturated rings. The van der Waals surface area contributed by atoms with Crippen LogP contribution in [-0.2, 0) is 6.42 Å². The molecule has 0 spiro atoms. The van der Waals surface area contributed by atoms with Crippen molar-refractivity contribution in [3.05, 3.63) is 47.7 Å². The molecule has 0 saturated heterocycles. The second-order valence-electron chi connectivity index (χ2n) is 7.49. The Hall–Kier alpha value is -1.70. The van der Waals surface area contributed by atoms with Crippen molar-refractivity contribution in [2.45, 2.75) is 65.2 Å². The summed E-state index contributed by atoms with van der Waals surface area (Å²) < 4.78 is 0. The fraction of sp³-hybridized carbons (Fsp3) is 0.545. The first-order valence-corrected chi connectivity index (χ1v) is 9.64. The minimum absolute atomic E-state index is 0.900. The molecule has 0 unspecified atom stereocenters. The fourth-order valence-electron chi connectivity index (χ4n) is 3.94. The molecule has 3 rings (SSSR count). The van der Waals surface area contributed by atoms with Crippen molar-refractivity contribution in [1.82, 2.24) is 10.2 Å². The summed E-state index contributed by atoms with van der Waals surface area (Å²) in [6.07, 6.45) is 10.8. The summed E-state index contributed by atoms with van der Waals surface area (Å²) >= 11 is 0. The van der Waals surface area contributed by atoms with E-state index >= 15 is 0 Å². The zero-order valence-electron chi connectivity index (χ0n) is 15.2. The molecule has 1 heterocycles. The van der Waals surface area contributed by atoms with E-state index in [0.717, 1.165) is 35.2 Å². The zero-order chi connectivity index (χ0) is 16.8. The van der Waals surface area contributed by atoms with Crippen molar-refractivity contribution in [1.29, 1.82) is 0 Å². The molecule has 2 heteroatoms. The lowest BCUT2D eigenvalue weighted by Gasteiger charge is -2.28. The van der Waals surface area contributed by atoms with Crippen LogP contribution in [0, 0.1) is 18.8 Å². The summed E-state index contributed by atoms with van der Waals surface area (Å²) in [5, 5.41) is 8.89. The molecule has 1 saturated carbocycles. The minimum atomic E-state index is 0.900. The van der Waals surface area contributed by atoms with Gasteiger partial charge >= 0.3 is 0 Å². The fourth-order valence-corrected chi connectivity index (χ4v) is 3.94. The van der Waals surface area contributed by atoms with Gasteiger partial charge in [0.15, 0.2) is 0 Å². The van der Waals surface area contributed by atoms with Gasteiger partial charge in [-0.05, 0) is 43.7 Å². The molecule has 1 aliphatic carbocycles. The van der Waals surface area contributed by atoms with Gasteiger partial charge in [0.2, 0.25) is 0 Å². The Morgan fingerprint density at radius 1 is 0.833 bits per heavy atom. The summed E-state index contributed by atoms with van der Waals surface area (Å²) in [7, 11) is 0. The van der Waals surface area contributed by atoms with Gasteiger partial charge in [0.1, 0.15) is 0 Å². The van der Waals surface area contributed by atoms with Crippen molar-refractivity contribution in [3.8, 4) is 11.3 Å². The van der Waals surface area contributed by atoms with Crippen LogP contribution in [0.3, 0.4) is 0 Å². The number of benzene rings is 1. The molecular weight excluding hydrogens is 292 g/mol. The molecule has 24 heavy (non-hydrogen) atoms. The predicted molar refractivity (Wildman–Crippen MR) is 101 cm³/mol. The van der Waals surface area contributed by atoms with Crippen molar-refractivity contribution in [2.24, 2.45) is 11.8 Å². The Kier molecular flexibility index (Phi) is 6.01. The number of rotatable bonds is 6. The van der Waals surface area contributed by atoms with Crippen molar-refractivity contribution in [3.63, 3.8) is 0 Å². The molecule has 0 atom stereocenters. The van der Waals surface area contributed by atoms with Crippen LogP contribution >= 0.6 is 0 Å². The summed E-state index contributed by atoms with van der Waals surface area (Å²) in [6, 6.07) is 12.8. The monoisotopic (exact) mass is 322 g/mol. The van der Waals surface area contributed by atoms with Crippen LogP contribution in [0.5, 0.6) is 0 Å². The maximum Gasteiger partial charge on any atom is 0.0929 e. The molecule has 128 valence electrons. The van der Waals surface area contributed by atoms with E-state index in [1.807, 2.05) is 0 Å². The molecular formula is C22H30N2. The molecule has 2 aromatic rings. The molecule has 2 nitrogen and oxygen atoms in total. The van der Waals surface area contributed by atoms with Crippen LogP contribution in [-0.4, -0.2) is 10.2 Å². The largest absolute Gasteiger partial charge is 0.155 e. The lowest BCUT2D eigenvalue weighted by Crippen LogP contribution is -2.15. The third-order valence-corrected chi connectivity index (χ3v) is 5.54. The summed E-state index contributed by atoms with van der Waals surface area (Å²) in [4.78, 5) is 0. The average Bonchev–Trinajstić information content (AvgIpc) is 2.63. The van der Waals surface area contributed by atoms with Crippen LogP contribution in [0.1, 0.15) is 63.1 Å². The first-order valence-electron chi connectivity index (χ1n) is 9.64. The quantitative estimate of drug-likeness (QED) is 0.652. The Morgan fingerprint density at radius 2 is 1.50 bits per heavy atom. The number of aryl methyl sites for hydroxylation is 2.